The zero-order valence-corrected chi connectivity index (χ0v) is 10.3. The van der Waals surface area contributed by atoms with E-state index in [1.807, 2.05) is 0 Å². The van der Waals surface area contributed by atoms with Crippen molar-refractivity contribution in [2.75, 3.05) is 20.3 Å². The summed E-state index contributed by atoms with van der Waals surface area (Å²) >= 11 is 6.36. The second kappa shape index (κ2) is 5.67. The van der Waals surface area contributed by atoms with E-state index in [1.165, 1.54) is 11.1 Å². The average Bonchev–Trinajstić information content (AvgIpc) is 2.61. The minimum Gasteiger partial charge on any atom is -0.385 e. The lowest BCUT2D eigenvalue weighted by atomic mass is 10.1. The van der Waals surface area contributed by atoms with E-state index in [1.54, 1.807) is 7.11 Å². The number of alkyl halides is 1. The van der Waals surface area contributed by atoms with Crippen LogP contribution in [0.1, 0.15) is 23.6 Å². The Bertz CT molecular complexity index is 342. The van der Waals surface area contributed by atoms with E-state index in [4.69, 9.17) is 16.3 Å². The molecule has 0 aliphatic heterocycles. The molecule has 16 heavy (non-hydrogen) atoms. The predicted molar refractivity (Wildman–Crippen MR) is 67.0 cm³/mol. The number of methoxy groups -OCH3 is 1. The van der Waals surface area contributed by atoms with Crippen LogP contribution in [0.3, 0.4) is 0 Å². The van der Waals surface area contributed by atoms with E-state index < -0.39 is 0 Å². The predicted octanol–water partition coefficient (Wildman–Crippen LogP) is 2.52. The molecule has 0 bridgehead atoms. The first-order chi connectivity index (χ1) is 7.83. The zero-order chi connectivity index (χ0) is 11.4. The van der Waals surface area contributed by atoms with E-state index in [0.29, 0.717) is 6.04 Å². The van der Waals surface area contributed by atoms with Gasteiger partial charge in [0.05, 0.1) is 5.38 Å². The monoisotopic (exact) mass is 239 g/mol. The molecule has 0 spiro atoms. The standard InChI is InChI=1S/C13H18ClNO/c1-16-8-4-7-15-13-11-6-3-2-5-10(11)9-12(13)14/h2-3,5-6,12-13,15H,4,7-9H2,1H3. The molecule has 1 aliphatic rings. The van der Waals surface area contributed by atoms with Crippen molar-refractivity contribution < 1.29 is 4.74 Å². The summed E-state index contributed by atoms with van der Waals surface area (Å²) < 4.78 is 5.03. The molecule has 0 radical (unpaired) electrons. The molecule has 2 rings (SSSR count). The van der Waals surface area contributed by atoms with Crippen LogP contribution in [0.4, 0.5) is 0 Å². The van der Waals surface area contributed by atoms with Gasteiger partial charge in [-0.15, -0.1) is 11.6 Å². The van der Waals surface area contributed by atoms with Crippen LogP contribution in [0.5, 0.6) is 0 Å². The Balaban J connectivity index is 1.94. The normalized spacial score (nSPS) is 23.4. The van der Waals surface area contributed by atoms with Gasteiger partial charge in [0, 0.05) is 19.8 Å². The van der Waals surface area contributed by atoms with Gasteiger partial charge in [0.15, 0.2) is 0 Å². The highest BCUT2D eigenvalue weighted by Crippen LogP contribution is 2.34. The second-order valence-corrected chi connectivity index (χ2v) is 4.76. The molecule has 1 aromatic rings. The summed E-state index contributed by atoms with van der Waals surface area (Å²) in [5.41, 5.74) is 2.74. The number of benzene rings is 1. The van der Waals surface area contributed by atoms with Crippen molar-refractivity contribution in [3.63, 3.8) is 0 Å². The average molecular weight is 240 g/mol. The largest absolute Gasteiger partial charge is 0.385 e. The number of nitrogens with one attached hydrogen (secondary N) is 1. The lowest BCUT2D eigenvalue weighted by Crippen LogP contribution is -2.27. The molecular formula is C13H18ClNO. The van der Waals surface area contributed by atoms with Crippen molar-refractivity contribution >= 4 is 11.6 Å². The summed E-state index contributed by atoms with van der Waals surface area (Å²) in [7, 11) is 1.73. The van der Waals surface area contributed by atoms with E-state index in [-0.39, 0.29) is 5.38 Å². The van der Waals surface area contributed by atoms with Crippen molar-refractivity contribution in [3.05, 3.63) is 35.4 Å². The van der Waals surface area contributed by atoms with Crippen LogP contribution in [0.2, 0.25) is 0 Å². The van der Waals surface area contributed by atoms with Gasteiger partial charge >= 0.3 is 0 Å². The Morgan fingerprint density at radius 2 is 2.25 bits per heavy atom. The van der Waals surface area contributed by atoms with Crippen LogP contribution >= 0.6 is 11.6 Å². The third kappa shape index (κ3) is 2.57. The Morgan fingerprint density at radius 3 is 3.06 bits per heavy atom. The first-order valence-electron chi connectivity index (χ1n) is 5.77. The quantitative estimate of drug-likeness (QED) is 0.630. The number of halogens is 1. The Labute approximate surface area is 102 Å². The molecule has 0 aromatic heterocycles. The first kappa shape index (κ1) is 11.9. The number of hydrogen-bond donors (Lipinski definition) is 1. The van der Waals surface area contributed by atoms with Crippen molar-refractivity contribution in [3.8, 4) is 0 Å². The summed E-state index contributed by atoms with van der Waals surface area (Å²) in [6.45, 7) is 1.75. The van der Waals surface area contributed by atoms with Gasteiger partial charge in [-0.25, -0.2) is 0 Å². The van der Waals surface area contributed by atoms with Crippen LogP contribution in [-0.4, -0.2) is 25.6 Å². The maximum absolute atomic E-state index is 6.36. The summed E-state index contributed by atoms with van der Waals surface area (Å²) in [6, 6.07) is 8.80. The zero-order valence-electron chi connectivity index (χ0n) is 9.58. The van der Waals surface area contributed by atoms with Crippen molar-refractivity contribution in [2.24, 2.45) is 0 Å². The number of rotatable bonds is 5. The van der Waals surface area contributed by atoms with Crippen molar-refractivity contribution in [2.45, 2.75) is 24.3 Å². The highest BCUT2D eigenvalue weighted by atomic mass is 35.5. The molecule has 0 saturated carbocycles. The summed E-state index contributed by atoms with van der Waals surface area (Å²) in [4.78, 5) is 0. The van der Waals surface area contributed by atoms with Crippen molar-refractivity contribution in [1.82, 2.24) is 5.32 Å². The topological polar surface area (TPSA) is 21.3 Å². The highest BCUT2D eigenvalue weighted by Gasteiger charge is 2.29. The third-order valence-electron chi connectivity index (χ3n) is 3.06. The molecular weight excluding hydrogens is 222 g/mol. The minimum absolute atomic E-state index is 0.181. The molecule has 0 fully saturated rings. The van der Waals surface area contributed by atoms with Gasteiger partial charge in [-0.05, 0) is 30.5 Å². The molecule has 0 amide bonds. The van der Waals surface area contributed by atoms with Gasteiger partial charge in [0.1, 0.15) is 0 Å². The van der Waals surface area contributed by atoms with Gasteiger partial charge in [-0.1, -0.05) is 24.3 Å². The maximum Gasteiger partial charge on any atom is 0.0571 e. The molecule has 2 unspecified atom stereocenters. The van der Waals surface area contributed by atoms with Crippen LogP contribution in [-0.2, 0) is 11.2 Å². The lowest BCUT2D eigenvalue weighted by molar-refractivity contribution is 0.193. The molecule has 1 N–H and O–H groups in total. The number of ether oxygens (including phenoxy) is 1. The first-order valence-corrected chi connectivity index (χ1v) is 6.20. The molecule has 2 atom stereocenters. The van der Waals surface area contributed by atoms with Gasteiger partial charge in [-0.2, -0.15) is 0 Å². The van der Waals surface area contributed by atoms with Gasteiger partial charge in [0.25, 0.3) is 0 Å². The molecule has 0 heterocycles. The second-order valence-electron chi connectivity index (χ2n) is 4.20. The molecule has 1 aromatic carbocycles. The maximum atomic E-state index is 6.36. The van der Waals surface area contributed by atoms with Crippen LogP contribution in [0.25, 0.3) is 0 Å². The van der Waals surface area contributed by atoms with E-state index in [9.17, 15) is 0 Å². The van der Waals surface area contributed by atoms with Gasteiger partial charge in [0.2, 0.25) is 0 Å². The van der Waals surface area contributed by atoms with E-state index in [0.717, 1.165) is 26.0 Å². The number of hydrogen-bond acceptors (Lipinski definition) is 2. The van der Waals surface area contributed by atoms with Crippen LogP contribution in [0.15, 0.2) is 24.3 Å². The van der Waals surface area contributed by atoms with Gasteiger partial charge < -0.3 is 10.1 Å². The van der Waals surface area contributed by atoms with Gasteiger partial charge in [-0.3, -0.25) is 0 Å². The summed E-state index contributed by atoms with van der Waals surface area (Å²) in [6.07, 6.45) is 2.00. The summed E-state index contributed by atoms with van der Waals surface area (Å²) in [5, 5.41) is 3.69. The van der Waals surface area contributed by atoms with Crippen LogP contribution in [0, 0.1) is 0 Å². The fraction of sp³-hybridized carbons (Fsp3) is 0.538. The Kier molecular flexibility index (Phi) is 4.22. The molecule has 2 nitrogen and oxygen atoms in total. The Morgan fingerprint density at radius 1 is 1.44 bits per heavy atom. The Hall–Kier alpha value is -0.570. The molecule has 0 saturated heterocycles. The molecule has 88 valence electrons. The van der Waals surface area contributed by atoms with E-state index >= 15 is 0 Å². The fourth-order valence-corrected chi connectivity index (χ4v) is 2.65. The fourth-order valence-electron chi connectivity index (χ4n) is 2.26. The van der Waals surface area contributed by atoms with Crippen LogP contribution < -0.4 is 5.32 Å². The van der Waals surface area contributed by atoms with E-state index in [2.05, 4.69) is 29.6 Å². The molecule has 3 heteroatoms. The number of fused-ring (bicyclic) bond motifs is 1. The lowest BCUT2D eigenvalue weighted by Gasteiger charge is -2.17. The molecule has 1 aliphatic carbocycles. The van der Waals surface area contributed by atoms with Crippen molar-refractivity contribution in [1.29, 1.82) is 0 Å². The summed E-state index contributed by atoms with van der Waals surface area (Å²) in [5.74, 6) is 0. The SMILES string of the molecule is COCCCNC1c2ccccc2CC1Cl. The smallest absolute Gasteiger partial charge is 0.0571 e. The highest BCUT2D eigenvalue weighted by molar-refractivity contribution is 6.21. The third-order valence-corrected chi connectivity index (χ3v) is 3.46. The minimum atomic E-state index is 0.181.